The number of Topliss-reactive ketones (excluding diaryl/α,β-unsaturated/α-hetero) is 1. The molecule has 208 valence electrons. The number of hydrogen-bond donors (Lipinski definition) is 1. The van der Waals surface area contributed by atoms with Gasteiger partial charge >= 0.3 is 11.6 Å². The Hall–Kier alpha value is -3.08. The summed E-state index contributed by atoms with van der Waals surface area (Å²) >= 11 is -0.750. The molecule has 0 unspecified atom stereocenters. The molecule has 3 heterocycles. The van der Waals surface area contributed by atoms with Crippen molar-refractivity contribution >= 4 is 33.9 Å². The molecule has 3 atom stereocenters. The predicted molar refractivity (Wildman–Crippen MR) is 151 cm³/mol. The maximum atomic E-state index is 14.9. The molecule has 0 spiro atoms. The van der Waals surface area contributed by atoms with Crippen LogP contribution in [-0.2, 0) is 18.0 Å². The first-order valence-electron chi connectivity index (χ1n) is 13.5. The molecule has 1 saturated carbocycles. The van der Waals surface area contributed by atoms with Crippen LogP contribution < -0.4 is 10.6 Å². The normalized spacial score (nSPS) is 22.1. The Morgan fingerprint density at radius 1 is 1.10 bits per heavy atom. The van der Waals surface area contributed by atoms with E-state index in [2.05, 4.69) is 33.7 Å². The first-order valence-corrected chi connectivity index (χ1v) is 14.1. The van der Waals surface area contributed by atoms with E-state index in [1.165, 1.54) is 6.07 Å². The van der Waals surface area contributed by atoms with Gasteiger partial charge in [-0.2, -0.15) is 8.42 Å². The average Bonchev–Trinajstić information content (AvgIpc) is 3.13. The van der Waals surface area contributed by atoms with Gasteiger partial charge in [0.25, 0.3) is 0 Å². The molecule has 2 aliphatic rings. The Morgan fingerprint density at radius 3 is 2.67 bits per heavy atom. The van der Waals surface area contributed by atoms with Crippen molar-refractivity contribution in [1.29, 1.82) is 0 Å². The molecule has 2 N–H and O–H groups in total. The smallest absolute Gasteiger partial charge is 0.335 e. The standard InChI is InChI=1S/C29H36FN5O.O2S/c1-19-12-20(14-22(31)13-19)24-6-7-32-17-21(24)15-28(36)25-4-5-27(30)26-16-23(18-33-29(25)26)35-9-3-8-34(2)10-11-35;1-3-2/h4-7,16-20,22H,3,8-15,31H2,1-2H3;/t19-,20+,22-;/m0./s1. The third-order valence-electron chi connectivity index (χ3n) is 7.88. The summed E-state index contributed by atoms with van der Waals surface area (Å²) in [7, 11) is 2.12. The van der Waals surface area contributed by atoms with E-state index in [-0.39, 0.29) is 24.1 Å². The number of nitrogens with two attached hydrogens (primary N) is 1. The van der Waals surface area contributed by atoms with Crippen LogP contribution in [-0.4, -0.2) is 68.3 Å². The number of halogens is 1. The van der Waals surface area contributed by atoms with Crippen LogP contribution in [0.15, 0.2) is 42.9 Å². The largest absolute Gasteiger partial charge is 0.369 e. The molecule has 39 heavy (non-hydrogen) atoms. The fourth-order valence-electron chi connectivity index (χ4n) is 6.04. The van der Waals surface area contributed by atoms with E-state index in [4.69, 9.17) is 14.2 Å². The molecule has 0 amide bonds. The van der Waals surface area contributed by atoms with Crippen LogP contribution in [0.4, 0.5) is 10.1 Å². The lowest BCUT2D eigenvalue weighted by molar-refractivity contribution is 0.0994. The highest BCUT2D eigenvalue weighted by Crippen LogP contribution is 2.37. The number of pyridine rings is 2. The Balaban J connectivity index is 0.00000112. The number of ketones is 1. The Bertz CT molecular complexity index is 1340. The van der Waals surface area contributed by atoms with Crippen LogP contribution in [0.1, 0.15) is 60.0 Å². The van der Waals surface area contributed by atoms with E-state index >= 15 is 0 Å². The van der Waals surface area contributed by atoms with E-state index in [1.54, 1.807) is 24.7 Å². The van der Waals surface area contributed by atoms with Gasteiger partial charge in [-0.15, -0.1) is 0 Å². The summed E-state index contributed by atoms with van der Waals surface area (Å²) in [5.41, 5.74) is 10.2. The van der Waals surface area contributed by atoms with Crippen molar-refractivity contribution in [2.45, 2.75) is 51.0 Å². The predicted octanol–water partition coefficient (Wildman–Crippen LogP) is 3.90. The molecule has 0 bridgehead atoms. The lowest BCUT2D eigenvalue weighted by Crippen LogP contribution is -2.31. The second-order valence-electron chi connectivity index (χ2n) is 10.8. The molecular formula is C29H36FN5O3S. The Labute approximate surface area is 232 Å². The van der Waals surface area contributed by atoms with E-state index in [0.717, 1.165) is 68.7 Å². The number of carbonyl (C=O) groups excluding carboxylic acids is 1. The first-order chi connectivity index (χ1) is 18.8. The number of nitrogens with zero attached hydrogens (tertiary/aromatic N) is 4. The highest BCUT2D eigenvalue weighted by molar-refractivity contribution is 7.51. The van der Waals surface area contributed by atoms with Gasteiger partial charge in [0, 0.05) is 55.4 Å². The molecule has 3 aromatic rings. The number of aromatic nitrogens is 2. The Kier molecular flexibility index (Phi) is 9.88. The van der Waals surface area contributed by atoms with Crippen LogP contribution in [0.2, 0.25) is 0 Å². The zero-order valence-corrected chi connectivity index (χ0v) is 23.3. The van der Waals surface area contributed by atoms with E-state index in [0.29, 0.717) is 28.3 Å². The van der Waals surface area contributed by atoms with Gasteiger partial charge in [0.05, 0.1) is 17.4 Å². The summed E-state index contributed by atoms with van der Waals surface area (Å²) in [5, 5.41) is 0.398. The monoisotopic (exact) mass is 553 g/mol. The van der Waals surface area contributed by atoms with Crippen molar-refractivity contribution in [1.82, 2.24) is 14.9 Å². The van der Waals surface area contributed by atoms with Crippen LogP contribution in [0.25, 0.3) is 10.9 Å². The van der Waals surface area contributed by atoms with Crippen molar-refractivity contribution in [3.05, 3.63) is 65.4 Å². The topological polar surface area (TPSA) is 109 Å². The Morgan fingerprint density at radius 2 is 1.90 bits per heavy atom. The molecule has 1 saturated heterocycles. The molecular weight excluding hydrogens is 517 g/mol. The molecule has 1 aromatic carbocycles. The third-order valence-corrected chi connectivity index (χ3v) is 7.88. The maximum Gasteiger partial charge on any atom is 0.335 e. The summed E-state index contributed by atoms with van der Waals surface area (Å²) in [6, 6.07) is 7.02. The lowest BCUT2D eigenvalue weighted by atomic mass is 9.75. The van der Waals surface area contributed by atoms with Gasteiger partial charge in [0.1, 0.15) is 5.82 Å². The van der Waals surface area contributed by atoms with Gasteiger partial charge in [-0.25, -0.2) is 4.39 Å². The molecule has 1 aliphatic heterocycles. The average molecular weight is 554 g/mol. The zero-order chi connectivity index (χ0) is 27.9. The van der Waals surface area contributed by atoms with E-state index in [9.17, 15) is 9.18 Å². The number of fused-ring (bicyclic) bond motifs is 1. The molecule has 2 fully saturated rings. The minimum atomic E-state index is -0.750. The number of rotatable bonds is 5. The van der Waals surface area contributed by atoms with Crippen LogP contribution in [0.3, 0.4) is 0 Å². The van der Waals surface area contributed by atoms with Crippen LogP contribution in [0.5, 0.6) is 0 Å². The SMILES string of the molecule is C[C@@H]1C[C@H](N)C[C@H](c2ccncc2CC(=O)c2ccc(F)c3cc(N4CCCN(C)CC4)cnc23)C1.O=S=O. The van der Waals surface area contributed by atoms with E-state index in [1.807, 2.05) is 12.1 Å². The zero-order valence-electron chi connectivity index (χ0n) is 22.5. The van der Waals surface area contributed by atoms with Crippen LogP contribution >= 0.6 is 0 Å². The fourth-order valence-corrected chi connectivity index (χ4v) is 6.04. The van der Waals surface area contributed by atoms with Crippen LogP contribution in [0, 0.1) is 11.7 Å². The molecule has 8 nitrogen and oxygen atoms in total. The minimum Gasteiger partial charge on any atom is -0.369 e. The van der Waals surface area contributed by atoms with Gasteiger partial charge in [-0.05, 0) is 86.5 Å². The van der Waals surface area contributed by atoms with Gasteiger partial charge < -0.3 is 15.5 Å². The maximum absolute atomic E-state index is 14.9. The van der Waals surface area contributed by atoms with Gasteiger partial charge in [-0.3, -0.25) is 14.8 Å². The van der Waals surface area contributed by atoms with Crippen molar-refractivity contribution in [3.63, 3.8) is 0 Å². The second kappa shape index (κ2) is 13.3. The summed E-state index contributed by atoms with van der Waals surface area (Å²) in [6.45, 7) is 6.03. The van der Waals surface area contributed by atoms with Crippen molar-refractivity contribution in [2.75, 3.05) is 38.1 Å². The number of anilines is 1. The van der Waals surface area contributed by atoms with E-state index < -0.39 is 11.6 Å². The van der Waals surface area contributed by atoms with Gasteiger partial charge in [0.2, 0.25) is 0 Å². The number of benzene rings is 1. The fraction of sp³-hybridized carbons (Fsp3) is 0.483. The molecule has 1 aliphatic carbocycles. The summed E-state index contributed by atoms with van der Waals surface area (Å²) < 4.78 is 31.5. The van der Waals surface area contributed by atoms with Crippen molar-refractivity contribution in [2.24, 2.45) is 11.7 Å². The minimum absolute atomic E-state index is 0.0703. The second-order valence-corrected chi connectivity index (χ2v) is 11.0. The van der Waals surface area contributed by atoms with Crippen molar-refractivity contribution < 1.29 is 17.6 Å². The highest BCUT2D eigenvalue weighted by Gasteiger charge is 2.28. The van der Waals surface area contributed by atoms with Gasteiger partial charge in [-0.1, -0.05) is 6.92 Å². The van der Waals surface area contributed by atoms with Crippen molar-refractivity contribution in [3.8, 4) is 0 Å². The summed E-state index contributed by atoms with van der Waals surface area (Å²) in [5.74, 6) is 0.460. The molecule has 10 heteroatoms. The number of carbonyl (C=O) groups is 1. The van der Waals surface area contributed by atoms with Gasteiger partial charge in [0.15, 0.2) is 5.78 Å². The molecule has 5 rings (SSSR count). The molecule has 0 radical (unpaired) electrons. The number of likely N-dealkylation sites (N-methyl/N-ethyl adjacent to an activating group) is 1. The number of hydrogen-bond acceptors (Lipinski definition) is 8. The highest BCUT2D eigenvalue weighted by atomic mass is 32.1. The summed E-state index contributed by atoms with van der Waals surface area (Å²) in [4.78, 5) is 27.0. The lowest BCUT2D eigenvalue weighted by Gasteiger charge is -2.32. The summed E-state index contributed by atoms with van der Waals surface area (Å²) in [6.07, 6.45) is 9.67. The molecule has 2 aromatic heterocycles. The quantitative estimate of drug-likeness (QED) is 0.474. The third kappa shape index (κ3) is 7.12. The first kappa shape index (κ1) is 28.9.